The van der Waals surface area contributed by atoms with Crippen LogP contribution in [0.2, 0.25) is 5.02 Å². The summed E-state index contributed by atoms with van der Waals surface area (Å²) in [5.74, 6) is 0.629. The molecule has 0 spiro atoms. The normalized spacial score (nSPS) is 14.9. The number of carbonyl (C=O) groups is 1. The quantitative estimate of drug-likeness (QED) is 0.187. The van der Waals surface area contributed by atoms with Gasteiger partial charge in [0, 0.05) is 31.7 Å². The number of aryl methyl sites for hydroxylation is 1. The highest BCUT2D eigenvalue weighted by molar-refractivity contribution is 9.11. The molecule has 0 aliphatic carbocycles. The van der Waals surface area contributed by atoms with Gasteiger partial charge in [-0.1, -0.05) is 17.7 Å². The van der Waals surface area contributed by atoms with E-state index >= 15 is 0 Å². The smallest absolute Gasteiger partial charge is 0.280 e. The third kappa shape index (κ3) is 4.15. The Kier molecular flexibility index (Phi) is 6.07. The Bertz CT molecular complexity index is 1320. The van der Waals surface area contributed by atoms with Gasteiger partial charge >= 0.3 is 0 Å². The highest BCUT2D eigenvalue weighted by Gasteiger charge is 2.29. The summed E-state index contributed by atoms with van der Waals surface area (Å²) in [4.78, 5) is 23.6. The van der Waals surface area contributed by atoms with Crippen LogP contribution < -0.4 is 5.01 Å². The molecule has 0 saturated carbocycles. The number of carbonyl (C=O) groups excluding carboxylic acids is 1. The molecule has 0 bridgehead atoms. The molecule has 1 aliphatic rings. The number of non-ortho nitro benzene ring substituents is 1. The lowest BCUT2D eigenvalue weighted by molar-refractivity contribution is -0.385. The van der Waals surface area contributed by atoms with Crippen molar-refractivity contribution in [1.82, 2.24) is 0 Å². The van der Waals surface area contributed by atoms with E-state index in [1.54, 1.807) is 37.3 Å². The van der Waals surface area contributed by atoms with E-state index in [1.165, 1.54) is 17.1 Å². The molecule has 0 saturated heterocycles. The lowest BCUT2D eigenvalue weighted by atomic mass is 10.1. The molecule has 1 aromatic heterocycles. The average Bonchev–Trinajstić information content (AvgIpc) is 3.29. The van der Waals surface area contributed by atoms with Crippen LogP contribution in [0.3, 0.4) is 0 Å². The molecule has 1 amide bonds. The summed E-state index contributed by atoms with van der Waals surface area (Å²) in [5, 5.41) is 17.3. The standard InChI is InChI=1S/C22H14Br2ClN3O4/c1-11-3-4-13(9-19(11)25)27-22(29)16(12(2)26-27)10-15-5-6-20(32-15)21-17(23)7-14(28(30)31)8-18(21)24/h3-10H,1-2H3/b16-10+. The summed E-state index contributed by atoms with van der Waals surface area (Å²) in [6, 6.07) is 11.6. The van der Waals surface area contributed by atoms with Crippen molar-refractivity contribution in [2.24, 2.45) is 5.10 Å². The fraction of sp³-hybridized carbons (Fsp3) is 0.0909. The monoisotopic (exact) mass is 577 g/mol. The third-order valence-corrected chi connectivity index (χ3v) is 6.52. The number of nitro benzene ring substituents is 1. The van der Waals surface area contributed by atoms with Crippen molar-refractivity contribution in [3.8, 4) is 11.3 Å². The van der Waals surface area contributed by atoms with Crippen LogP contribution in [0, 0.1) is 17.0 Å². The summed E-state index contributed by atoms with van der Waals surface area (Å²) in [7, 11) is 0. The number of halogens is 3. The summed E-state index contributed by atoms with van der Waals surface area (Å²) >= 11 is 12.9. The molecule has 0 unspecified atom stereocenters. The van der Waals surface area contributed by atoms with E-state index in [-0.39, 0.29) is 11.6 Å². The number of nitrogens with zero attached hydrogens (tertiary/aromatic N) is 3. The molecule has 10 heteroatoms. The number of hydrogen-bond acceptors (Lipinski definition) is 5. The average molecular weight is 580 g/mol. The van der Waals surface area contributed by atoms with Gasteiger partial charge in [0.05, 0.1) is 21.9 Å². The van der Waals surface area contributed by atoms with Gasteiger partial charge in [0.25, 0.3) is 11.6 Å². The zero-order valence-electron chi connectivity index (χ0n) is 16.7. The Morgan fingerprint density at radius 1 is 1.12 bits per heavy atom. The molecule has 0 fully saturated rings. The van der Waals surface area contributed by atoms with Crippen molar-refractivity contribution in [3.63, 3.8) is 0 Å². The second kappa shape index (κ2) is 8.65. The molecule has 0 radical (unpaired) electrons. The van der Waals surface area contributed by atoms with Gasteiger partial charge in [0.2, 0.25) is 0 Å². The number of rotatable bonds is 4. The van der Waals surface area contributed by atoms with E-state index in [0.29, 0.717) is 48.0 Å². The minimum atomic E-state index is -0.474. The van der Waals surface area contributed by atoms with Crippen molar-refractivity contribution in [2.45, 2.75) is 13.8 Å². The second-order valence-corrected chi connectivity index (χ2v) is 9.15. The van der Waals surface area contributed by atoms with E-state index in [2.05, 4.69) is 37.0 Å². The lowest BCUT2D eigenvalue weighted by Gasteiger charge is -2.12. The molecule has 7 nitrogen and oxygen atoms in total. The maximum atomic E-state index is 13.0. The van der Waals surface area contributed by atoms with Gasteiger partial charge in [-0.25, -0.2) is 0 Å². The number of nitro groups is 1. The highest BCUT2D eigenvalue weighted by Crippen LogP contribution is 2.39. The number of benzene rings is 2. The van der Waals surface area contributed by atoms with Gasteiger partial charge in [-0.2, -0.15) is 10.1 Å². The van der Waals surface area contributed by atoms with Crippen molar-refractivity contribution >= 4 is 72.5 Å². The molecule has 2 aromatic carbocycles. The van der Waals surface area contributed by atoms with E-state index in [4.69, 9.17) is 16.0 Å². The Labute approximate surface area is 204 Å². The Morgan fingerprint density at radius 2 is 1.81 bits per heavy atom. The predicted molar refractivity (Wildman–Crippen MR) is 131 cm³/mol. The molecule has 32 heavy (non-hydrogen) atoms. The summed E-state index contributed by atoms with van der Waals surface area (Å²) < 4.78 is 6.92. The Morgan fingerprint density at radius 3 is 2.44 bits per heavy atom. The van der Waals surface area contributed by atoms with Crippen LogP contribution in [0.25, 0.3) is 17.4 Å². The number of hydrogen-bond donors (Lipinski definition) is 0. The Balaban J connectivity index is 1.65. The fourth-order valence-electron chi connectivity index (χ4n) is 3.18. The van der Waals surface area contributed by atoms with Crippen LogP contribution in [-0.4, -0.2) is 16.5 Å². The van der Waals surface area contributed by atoms with Crippen LogP contribution >= 0.6 is 43.5 Å². The summed E-state index contributed by atoms with van der Waals surface area (Å²) in [6.45, 7) is 3.63. The first-order valence-corrected chi connectivity index (χ1v) is 11.2. The molecular formula is C22H14Br2ClN3O4. The van der Waals surface area contributed by atoms with E-state index in [9.17, 15) is 14.9 Å². The molecule has 162 valence electrons. The lowest BCUT2D eigenvalue weighted by Crippen LogP contribution is -2.21. The number of hydrazone groups is 1. The van der Waals surface area contributed by atoms with Crippen molar-refractivity contribution in [3.05, 3.63) is 83.4 Å². The minimum Gasteiger partial charge on any atom is -0.457 e. The molecular weight excluding hydrogens is 566 g/mol. The van der Waals surface area contributed by atoms with Crippen LogP contribution in [0.1, 0.15) is 18.2 Å². The van der Waals surface area contributed by atoms with Gasteiger partial charge in [0.1, 0.15) is 11.5 Å². The minimum absolute atomic E-state index is 0.0545. The van der Waals surface area contributed by atoms with Crippen molar-refractivity contribution in [2.75, 3.05) is 5.01 Å². The molecule has 4 rings (SSSR count). The third-order valence-electron chi connectivity index (χ3n) is 4.86. The predicted octanol–water partition coefficient (Wildman–Crippen LogP) is 7.15. The van der Waals surface area contributed by atoms with Crippen LogP contribution in [0.5, 0.6) is 0 Å². The SMILES string of the molecule is CC1=NN(c2ccc(C)c(Cl)c2)C(=O)/C1=C/c1ccc(-c2c(Br)cc([N+](=O)[O-])cc2Br)o1. The van der Waals surface area contributed by atoms with E-state index in [0.717, 1.165) is 5.56 Å². The Hall–Kier alpha value is -2.75. The van der Waals surface area contributed by atoms with Crippen LogP contribution in [0.4, 0.5) is 11.4 Å². The summed E-state index contributed by atoms with van der Waals surface area (Å²) in [5.41, 5.74) is 2.99. The second-order valence-electron chi connectivity index (χ2n) is 7.04. The molecule has 0 atom stereocenters. The molecule has 0 N–H and O–H groups in total. The van der Waals surface area contributed by atoms with Gasteiger partial charge in [0.15, 0.2) is 0 Å². The number of furan rings is 1. The first-order valence-electron chi connectivity index (χ1n) is 9.27. The summed E-state index contributed by atoms with van der Waals surface area (Å²) in [6.07, 6.45) is 1.62. The topological polar surface area (TPSA) is 89.0 Å². The van der Waals surface area contributed by atoms with Crippen molar-refractivity contribution < 1.29 is 14.1 Å². The largest absolute Gasteiger partial charge is 0.457 e. The van der Waals surface area contributed by atoms with E-state index < -0.39 is 4.92 Å². The van der Waals surface area contributed by atoms with Gasteiger partial charge in [-0.05, 0) is 81.6 Å². The highest BCUT2D eigenvalue weighted by atomic mass is 79.9. The van der Waals surface area contributed by atoms with E-state index in [1.807, 2.05) is 13.0 Å². The van der Waals surface area contributed by atoms with Crippen LogP contribution in [-0.2, 0) is 4.79 Å². The van der Waals surface area contributed by atoms with Gasteiger partial charge in [-0.15, -0.1) is 0 Å². The number of amides is 1. The fourth-order valence-corrected chi connectivity index (χ4v) is 4.91. The van der Waals surface area contributed by atoms with Crippen molar-refractivity contribution in [1.29, 1.82) is 0 Å². The first-order chi connectivity index (χ1) is 15.2. The molecule has 1 aliphatic heterocycles. The zero-order chi connectivity index (χ0) is 23.2. The molecule has 3 aromatic rings. The van der Waals surface area contributed by atoms with Gasteiger partial charge in [-0.3, -0.25) is 14.9 Å². The first kappa shape index (κ1) is 22.4. The maximum Gasteiger partial charge on any atom is 0.280 e. The van der Waals surface area contributed by atoms with Gasteiger partial charge < -0.3 is 4.42 Å². The maximum absolute atomic E-state index is 13.0. The zero-order valence-corrected chi connectivity index (χ0v) is 20.7. The molecule has 2 heterocycles. The van der Waals surface area contributed by atoms with Crippen LogP contribution in [0.15, 0.2) is 66.5 Å². The number of anilines is 1.